The SMILES string of the molecule is C=C[C@](O)(c1ccc(-c2nc([C@@H]3CC[C@H]4CCC(=O)N4C3)n3ccnc(N)c23)cc1)c1ccccc1C. The highest BCUT2D eigenvalue weighted by Gasteiger charge is 2.38. The number of benzene rings is 2. The Morgan fingerprint density at radius 3 is 2.68 bits per heavy atom. The lowest BCUT2D eigenvalue weighted by Crippen LogP contribution is -2.41. The van der Waals surface area contributed by atoms with E-state index in [1.807, 2.05) is 71.0 Å². The van der Waals surface area contributed by atoms with E-state index in [4.69, 9.17) is 10.7 Å². The minimum absolute atomic E-state index is 0.132. The number of rotatable bonds is 5. The first-order valence-electron chi connectivity index (χ1n) is 12.9. The van der Waals surface area contributed by atoms with Gasteiger partial charge in [0.25, 0.3) is 0 Å². The number of amides is 1. The van der Waals surface area contributed by atoms with Crippen molar-refractivity contribution in [2.45, 2.75) is 50.2 Å². The zero-order valence-electron chi connectivity index (χ0n) is 21.0. The molecule has 4 heterocycles. The van der Waals surface area contributed by atoms with Crippen LogP contribution in [0.1, 0.15) is 54.1 Å². The minimum Gasteiger partial charge on any atom is -0.382 e. The number of aliphatic hydroxyl groups is 1. The van der Waals surface area contributed by atoms with E-state index in [9.17, 15) is 9.90 Å². The maximum atomic E-state index is 12.4. The predicted molar refractivity (Wildman–Crippen MR) is 144 cm³/mol. The smallest absolute Gasteiger partial charge is 0.222 e. The van der Waals surface area contributed by atoms with Crippen LogP contribution in [0, 0.1) is 6.92 Å². The fourth-order valence-corrected chi connectivity index (χ4v) is 6.12. The number of nitrogen functional groups attached to an aromatic ring is 1. The first-order valence-corrected chi connectivity index (χ1v) is 12.9. The average molecular weight is 494 g/mol. The van der Waals surface area contributed by atoms with E-state index in [0.717, 1.165) is 58.6 Å². The summed E-state index contributed by atoms with van der Waals surface area (Å²) in [6.07, 6.45) is 8.76. The van der Waals surface area contributed by atoms with Gasteiger partial charge in [-0.15, -0.1) is 0 Å². The van der Waals surface area contributed by atoms with Gasteiger partial charge in [0.1, 0.15) is 28.5 Å². The molecule has 0 unspecified atom stereocenters. The number of carbonyl (C=O) groups excluding carboxylic acids is 1. The van der Waals surface area contributed by atoms with Gasteiger partial charge in [-0.05, 0) is 42.9 Å². The van der Waals surface area contributed by atoms with Crippen molar-refractivity contribution in [3.05, 3.63) is 96.1 Å². The van der Waals surface area contributed by atoms with E-state index >= 15 is 0 Å². The quantitative estimate of drug-likeness (QED) is 0.397. The third-order valence-corrected chi connectivity index (χ3v) is 8.14. The molecule has 2 aliphatic heterocycles. The summed E-state index contributed by atoms with van der Waals surface area (Å²) in [5.41, 5.74) is 9.96. The maximum absolute atomic E-state index is 12.4. The van der Waals surface area contributed by atoms with Gasteiger partial charge in [-0.3, -0.25) is 9.20 Å². The van der Waals surface area contributed by atoms with E-state index in [2.05, 4.69) is 11.6 Å². The van der Waals surface area contributed by atoms with Crippen LogP contribution in [0.4, 0.5) is 5.82 Å². The summed E-state index contributed by atoms with van der Waals surface area (Å²) in [6.45, 7) is 6.59. The summed E-state index contributed by atoms with van der Waals surface area (Å²) in [7, 11) is 0. The topological polar surface area (TPSA) is 96.8 Å². The molecule has 0 bridgehead atoms. The lowest BCUT2D eigenvalue weighted by atomic mass is 9.83. The third-order valence-electron chi connectivity index (χ3n) is 8.14. The van der Waals surface area contributed by atoms with Gasteiger partial charge >= 0.3 is 0 Å². The first kappa shape index (κ1) is 23.4. The molecule has 3 atom stereocenters. The lowest BCUT2D eigenvalue weighted by molar-refractivity contribution is -0.130. The number of nitrogens with two attached hydrogens (primary N) is 1. The number of piperidine rings is 1. The van der Waals surface area contributed by atoms with Crippen molar-refractivity contribution in [1.29, 1.82) is 0 Å². The number of fused-ring (bicyclic) bond motifs is 2. The van der Waals surface area contributed by atoms with Gasteiger partial charge in [-0.25, -0.2) is 9.97 Å². The zero-order valence-corrected chi connectivity index (χ0v) is 21.0. The Morgan fingerprint density at radius 1 is 1.14 bits per heavy atom. The Hall–Kier alpha value is -3.97. The fraction of sp³-hybridized carbons (Fsp3) is 0.300. The molecular weight excluding hydrogens is 462 g/mol. The van der Waals surface area contributed by atoms with Crippen LogP contribution in [-0.2, 0) is 10.4 Å². The predicted octanol–water partition coefficient (Wildman–Crippen LogP) is 4.58. The van der Waals surface area contributed by atoms with Crippen molar-refractivity contribution >= 4 is 17.2 Å². The summed E-state index contributed by atoms with van der Waals surface area (Å²) in [6, 6.07) is 15.9. The zero-order chi connectivity index (χ0) is 25.7. The normalized spacial score (nSPS) is 21.1. The van der Waals surface area contributed by atoms with Gasteiger partial charge < -0.3 is 15.7 Å². The molecule has 0 spiro atoms. The molecule has 0 radical (unpaired) electrons. The molecule has 2 aliphatic rings. The number of aryl methyl sites for hydroxylation is 1. The second-order valence-electron chi connectivity index (χ2n) is 10.2. The summed E-state index contributed by atoms with van der Waals surface area (Å²) < 4.78 is 2.03. The fourth-order valence-electron chi connectivity index (χ4n) is 6.12. The standard InChI is InChI=1S/C30H31N5O2/c1-3-30(37,24-7-5-4-6-19(24)2)22-11-8-20(9-12-22)26-27-28(31)32-16-17-34(27)29(33-26)21-10-13-23-14-15-25(36)35(23)18-21/h3-9,11-12,16-17,21,23,37H,1,10,13-15,18H2,2H3,(H2,31,32)/t21-,23+,30+/m1/s1. The van der Waals surface area contributed by atoms with Gasteiger partial charge in [0.15, 0.2) is 0 Å². The van der Waals surface area contributed by atoms with Crippen LogP contribution in [0.2, 0.25) is 0 Å². The van der Waals surface area contributed by atoms with Crippen molar-refractivity contribution in [2.75, 3.05) is 12.3 Å². The van der Waals surface area contributed by atoms with Crippen molar-refractivity contribution in [3.63, 3.8) is 0 Å². The van der Waals surface area contributed by atoms with Crippen molar-refractivity contribution < 1.29 is 9.90 Å². The molecular formula is C30H31N5O2. The number of imidazole rings is 1. The Balaban J connectivity index is 1.40. The Labute approximate surface area is 216 Å². The van der Waals surface area contributed by atoms with Crippen LogP contribution in [-0.4, -0.2) is 42.9 Å². The van der Waals surface area contributed by atoms with Crippen LogP contribution >= 0.6 is 0 Å². The third kappa shape index (κ3) is 3.73. The summed E-state index contributed by atoms with van der Waals surface area (Å²) in [4.78, 5) is 23.9. The number of hydrogen-bond donors (Lipinski definition) is 2. The monoisotopic (exact) mass is 493 g/mol. The van der Waals surface area contributed by atoms with Gasteiger partial charge in [-0.2, -0.15) is 0 Å². The number of anilines is 1. The molecule has 1 amide bonds. The van der Waals surface area contributed by atoms with E-state index in [1.165, 1.54) is 0 Å². The second-order valence-corrected chi connectivity index (χ2v) is 10.2. The number of nitrogens with zero attached hydrogens (tertiary/aromatic N) is 4. The molecule has 37 heavy (non-hydrogen) atoms. The van der Waals surface area contributed by atoms with E-state index in [0.29, 0.717) is 24.8 Å². The lowest BCUT2D eigenvalue weighted by Gasteiger charge is -2.34. The Morgan fingerprint density at radius 2 is 1.92 bits per heavy atom. The molecule has 2 aromatic carbocycles. The van der Waals surface area contributed by atoms with Gasteiger partial charge in [0.05, 0.1) is 0 Å². The van der Waals surface area contributed by atoms with Crippen LogP contribution in [0.15, 0.2) is 73.6 Å². The molecule has 188 valence electrons. The van der Waals surface area contributed by atoms with Gasteiger partial charge in [0.2, 0.25) is 5.91 Å². The number of hydrogen-bond acceptors (Lipinski definition) is 5. The molecule has 2 fully saturated rings. The molecule has 0 saturated carbocycles. The summed E-state index contributed by atoms with van der Waals surface area (Å²) in [5.74, 6) is 1.70. The van der Waals surface area contributed by atoms with E-state index < -0.39 is 5.60 Å². The van der Waals surface area contributed by atoms with E-state index in [1.54, 1.807) is 12.3 Å². The molecule has 6 rings (SSSR count). The Kier molecular flexibility index (Phi) is 5.60. The van der Waals surface area contributed by atoms with Crippen molar-refractivity contribution in [3.8, 4) is 11.3 Å². The highest BCUT2D eigenvalue weighted by Crippen LogP contribution is 2.39. The average Bonchev–Trinajstić information content (AvgIpc) is 3.50. The van der Waals surface area contributed by atoms with Gasteiger partial charge in [-0.1, -0.05) is 61.2 Å². The van der Waals surface area contributed by atoms with Crippen LogP contribution in [0.5, 0.6) is 0 Å². The van der Waals surface area contributed by atoms with Crippen LogP contribution in [0.3, 0.4) is 0 Å². The molecule has 3 N–H and O–H groups in total. The highest BCUT2D eigenvalue weighted by molar-refractivity contribution is 5.85. The van der Waals surface area contributed by atoms with Crippen molar-refractivity contribution in [1.82, 2.24) is 19.3 Å². The van der Waals surface area contributed by atoms with Crippen LogP contribution in [0.25, 0.3) is 16.8 Å². The summed E-state index contributed by atoms with van der Waals surface area (Å²) in [5, 5.41) is 11.6. The number of carbonyl (C=O) groups is 1. The highest BCUT2D eigenvalue weighted by atomic mass is 16.3. The molecule has 2 saturated heterocycles. The Bertz CT molecular complexity index is 1510. The largest absolute Gasteiger partial charge is 0.382 e. The van der Waals surface area contributed by atoms with Gasteiger partial charge in [0, 0.05) is 42.9 Å². The molecule has 7 nitrogen and oxygen atoms in total. The molecule has 0 aliphatic carbocycles. The molecule has 4 aromatic rings. The maximum Gasteiger partial charge on any atom is 0.222 e. The van der Waals surface area contributed by atoms with Crippen LogP contribution < -0.4 is 5.73 Å². The second kappa shape index (κ2) is 8.85. The summed E-state index contributed by atoms with van der Waals surface area (Å²) >= 11 is 0. The first-order chi connectivity index (χ1) is 17.9. The minimum atomic E-state index is -1.31. The number of aromatic nitrogens is 3. The molecule has 2 aromatic heterocycles. The van der Waals surface area contributed by atoms with Crippen molar-refractivity contribution in [2.24, 2.45) is 0 Å². The molecule has 7 heteroatoms. The van der Waals surface area contributed by atoms with E-state index in [-0.39, 0.29) is 11.8 Å².